The minimum atomic E-state index is -0.452. The Hall–Kier alpha value is -3.77. The highest BCUT2D eigenvalue weighted by molar-refractivity contribution is 5.97. The monoisotopic (exact) mass is 522 g/mol. The first-order valence-electron chi connectivity index (χ1n) is 12.9. The Labute approximate surface area is 225 Å². The highest BCUT2D eigenvalue weighted by atomic mass is 16.5. The fraction of sp³-hybridized carbons (Fsp3) is 0.483. The van der Waals surface area contributed by atoms with Gasteiger partial charge in [0, 0.05) is 43.4 Å². The van der Waals surface area contributed by atoms with Gasteiger partial charge in [-0.15, -0.1) is 0 Å². The number of nitrogens with one attached hydrogen (secondary N) is 1. The van der Waals surface area contributed by atoms with E-state index >= 15 is 0 Å². The first-order chi connectivity index (χ1) is 18.1. The summed E-state index contributed by atoms with van der Waals surface area (Å²) in [5.41, 5.74) is 1.56. The van der Waals surface area contributed by atoms with E-state index in [9.17, 15) is 14.7 Å². The van der Waals surface area contributed by atoms with Crippen LogP contribution in [0.5, 0.6) is 11.6 Å². The molecular formula is C29H38N4O5. The molecule has 0 unspecified atom stereocenters. The van der Waals surface area contributed by atoms with Gasteiger partial charge in [0.1, 0.15) is 17.4 Å². The van der Waals surface area contributed by atoms with E-state index in [1.165, 1.54) is 0 Å². The number of urea groups is 1. The highest BCUT2D eigenvalue weighted by Crippen LogP contribution is 2.27. The lowest BCUT2D eigenvalue weighted by molar-refractivity contribution is 0.0356. The second-order valence-corrected chi connectivity index (χ2v) is 10.1. The molecule has 3 atom stereocenters. The summed E-state index contributed by atoms with van der Waals surface area (Å²) in [6, 6.07) is 8.07. The zero-order valence-corrected chi connectivity index (χ0v) is 23.0. The summed E-state index contributed by atoms with van der Waals surface area (Å²) >= 11 is 0. The molecule has 0 radical (unpaired) electrons. The lowest BCUT2D eigenvalue weighted by Crippen LogP contribution is -2.50. The van der Waals surface area contributed by atoms with Crippen LogP contribution in [0.1, 0.15) is 50.0 Å². The molecule has 204 valence electrons. The van der Waals surface area contributed by atoms with Crippen molar-refractivity contribution < 1.29 is 24.2 Å². The molecule has 1 aliphatic rings. The molecule has 1 aromatic carbocycles. The van der Waals surface area contributed by atoms with Gasteiger partial charge in [-0.1, -0.05) is 32.6 Å². The molecule has 2 aromatic rings. The number of ether oxygens (including phenoxy) is 2. The molecule has 9 nitrogen and oxygen atoms in total. The predicted molar refractivity (Wildman–Crippen MR) is 146 cm³/mol. The van der Waals surface area contributed by atoms with E-state index in [-0.39, 0.29) is 36.9 Å². The molecule has 1 aromatic heterocycles. The number of hydrogen-bond acceptors (Lipinski definition) is 6. The fourth-order valence-electron chi connectivity index (χ4n) is 3.99. The van der Waals surface area contributed by atoms with Gasteiger partial charge in [0.15, 0.2) is 0 Å². The average Bonchev–Trinajstić information content (AvgIpc) is 2.90. The minimum Gasteiger partial charge on any atom is -0.497 e. The standard InChI is InChI=1S/C29H38N4O5/c1-19(2)8-7-9-22-14-25-27(30-15-22)38-26(20(3)16-33(28(25)35)21(4)18-34)17-32(5)29(36)31-23-10-12-24(37-6)13-11-23/h10-15,19-21,26,34H,8,16-18H2,1-6H3,(H,31,36)/t20-,21+,26-/m1/s1. The van der Waals surface area contributed by atoms with Gasteiger partial charge in [-0.05, 0) is 43.2 Å². The van der Waals surface area contributed by atoms with Crippen LogP contribution in [0, 0.1) is 23.7 Å². The van der Waals surface area contributed by atoms with Crippen molar-refractivity contribution in [3.05, 3.63) is 47.7 Å². The molecule has 0 aliphatic carbocycles. The van der Waals surface area contributed by atoms with Crippen LogP contribution in [0.4, 0.5) is 10.5 Å². The summed E-state index contributed by atoms with van der Waals surface area (Å²) in [5, 5.41) is 12.7. The number of aromatic nitrogens is 1. The quantitative estimate of drug-likeness (QED) is 0.535. The van der Waals surface area contributed by atoms with E-state index in [1.54, 1.807) is 67.4 Å². The van der Waals surface area contributed by atoms with Crippen molar-refractivity contribution >= 4 is 17.6 Å². The lowest BCUT2D eigenvalue weighted by Gasteiger charge is -2.37. The zero-order chi connectivity index (χ0) is 27.8. The Kier molecular flexibility index (Phi) is 9.97. The zero-order valence-electron chi connectivity index (χ0n) is 23.0. The Morgan fingerprint density at radius 3 is 2.66 bits per heavy atom. The molecule has 0 bridgehead atoms. The van der Waals surface area contributed by atoms with Gasteiger partial charge < -0.3 is 29.7 Å². The van der Waals surface area contributed by atoms with E-state index in [0.29, 0.717) is 35.0 Å². The molecule has 0 saturated carbocycles. The van der Waals surface area contributed by atoms with Gasteiger partial charge in [0.05, 0.1) is 26.3 Å². The van der Waals surface area contributed by atoms with Crippen LogP contribution in [-0.4, -0.2) is 77.8 Å². The number of benzene rings is 1. The molecule has 0 saturated heterocycles. The number of methoxy groups -OCH3 is 1. The normalized spacial score (nSPS) is 17.8. The number of rotatable bonds is 7. The molecule has 3 amide bonds. The Bertz CT molecular complexity index is 1170. The highest BCUT2D eigenvalue weighted by Gasteiger charge is 2.34. The van der Waals surface area contributed by atoms with Gasteiger partial charge in [-0.2, -0.15) is 0 Å². The van der Waals surface area contributed by atoms with Gasteiger partial charge in [0.25, 0.3) is 5.91 Å². The molecule has 0 spiro atoms. The van der Waals surface area contributed by atoms with Crippen molar-refractivity contribution in [2.45, 2.75) is 46.3 Å². The predicted octanol–water partition coefficient (Wildman–Crippen LogP) is 3.87. The molecule has 1 aliphatic heterocycles. The van der Waals surface area contributed by atoms with Crippen molar-refractivity contribution in [3.63, 3.8) is 0 Å². The van der Waals surface area contributed by atoms with Gasteiger partial charge in [0.2, 0.25) is 5.88 Å². The number of likely N-dealkylation sites (N-methyl/N-ethyl adjacent to an activating group) is 1. The van der Waals surface area contributed by atoms with Crippen LogP contribution in [0.15, 0.2) is 36.5 Å². The van der Waals surface area contributed by atoms with Crippen molar-refractivity contribution in [2.75, 3.05) is 39.2 Å². The number of amides is 3. The molecular weight excluding hydrogens is 484 g/mol. The maximum atomic E-state index is 13.5. The van der Waals surface area contributed by atoms with Crippen molar-refractivity contribution in [3.8, 4) is 23.5 Å². The molecule has 3 rings (SSSR count). The third-order valence-electron chi connectivity index (χ3n) is 6.41. The van der Waals surface area contributed by atoms with E-state index in [4.69, 9.17) is 9.47 Å². The summed E-state index contributed by atoms with van der Waals surface area (Å²) in [7, 11) is 3.27. The Balaban J connectivity index is 1.84. The molecule has 2 N–H and O–H groups in total. The summed E-state index contributed by atoms with van der Waals surface area (Å²) in [6.07, 6.45) is 1.88. The van der Waals surface area contributed by atoms with Crippen molar-refractivity contribution in [1.29, 1.82) is 0 Å². The van der Waals surface area contributed by atoms with Crippen LogP contribution >= 0.6 is 0 Å². The third kappa shape index (κ3) is 7.39. The first kappa shape index (κ1) is 28.8. The number of carbonyl (C=O) groups is 2. The maximum Gasteiger partial charge on any atom is 0.321 e. The van der Waals surface area contributed by atoms with Crippen LogP contribution in [0.25, 0.3) is 0 Å². The number of anilines is 1. The van der Waals surface area contributed by atoms with Crippen LogP contribution < -0.4 is 14.8 Å². The second kappa shape index (κ2) is 13.2. The summed E-state index contributed by atoms with van der Waals surface area (Å²) < 4.78 is 11.4. The van der Waals surface area contributed by atoms with Crippen molar-refractivity contribution in [2.24, 2.45) is 11.8 Å². The largest absolute Gasteiger partial charge is 0.497 e. The fourth-order valence-corrected chi connectivity index (χ4v) is 3.99. The molecule has 38 heavy (non-hydrogen) atoms. The number of nitrogens with zero attached hydrogens (tertiary/aromatic N) is 3. The van der Waals surface area contributed by atoms with Crippen LogP contribution in [-0.2, 0) is 0 Å². The Morgan fingerprint density at radius 2 is 2.03 bits per heavy atom. The summed E-state index contributed by atoms with van der Waals surface area (Å²) in [5.74, 6) is 7.12. The number of hydrogen-bond donors (Lipinski definition) is 2. The molecule has 0 fully saturated rings. The maximum absolute atomic E-state index is 13.5. The number of aliphatic hydroxyl groups is 1. The topological polar surface area (TPSA) is 104 Å². The summed E-state index contributed by atoms with van der Waals surface area (Å²) in [6.45, 7) is 8.38. The number of aliphatic hydroxyl groups excluding tert-OH is 1. The van der Waals surface area contributed by atoms with Gasteiger partial charge in [-0.3, -0.25) is 4.79 Å². The van der Waals surface area contributed by atoms with E-state index < -0.39 is 12.1 Å². The Morgan fingerprint density at radius 1 is 1.32 bits per heavy atom. The van der Waals surface area contributed by atoms with Gasteiger partial charge >= 0.3 is 6.03 Å². The summed E-state index contributed by atoms with van der Waals surface area (Å²) in [4.78, 5) is 34.1. The van der Waals surface area contributed by atoms with E-state index in [2.05, 4.69) is 36.0 Å². The lowest BCUT2D eigenvalue weighted by atomic mass is 10.00. The van der Waals surface area contributed by atoms with Crippen LogP contribution in [0.2, 0.25) is 0 Å². The van der Waals surface area contributed by atoms with E-state index in [1.807, 2.05) is 6.92 Å². The van der Waals surface area contributed by atoms with E-state index in [0.717, 1.165) is 6.42 Å². The van der Waals surface area contributed by atoms with Gasteiger partial charge in [-0.25, -0.2) is 9.78 Å². The number of carbonyl (C=O) groups excluding carboxylic acids is 2. The number of pyridine rings is 1. The second-order valence-electron chi connectivity index (χ2n) is 10.1. The smallest absolute Gasteiger partial charge is 0.321 e. The molecule has 9 heteroatoms. The SMILES string of the molecule is COc1ccc(NC(=O)N(C)C[C@H]2Oc3ncc(C#CCC(C)C)cc3C(=O)N([C@@H](C)CO)C[C@H]2C)cc1. The third-order valence-corrected chi connectivity index (χ3v) is 6.41. The average molecular weight is 523 g/mol. The molecule has 2 heterocycles. The minimum absolute atomic E-state index is 0.148. The first-order valence-corrected chi connectivity index (χ1v) is 12.9. The number of fused-ring (bicyclic) bond motifs is 1. The van der Waals surface area contributed by atoms with Crippen LogP contribution in [0.3, 0.4) is 0 Å². The van der Waals surface area contributed by atoms with Crippen molar-refractivity contribution in [1.82, 2.24) is 14.8 Å².